The summed E-state index contributed by atoms with van der Waals surface area (Å²) in [6.07, 6.45) is 3.37. The third kappa shape index (κ3) is 4.46. The Hall–Kier alpha value is -3.18. The van der Waals surface area contributed by atoms with Gasteiger partial charge in [-0.3, -0.25) is 15.1 Å². The van der Waals surface area contributed by atoms with Crippen LogP contribution in [0.4, 0.5) is 9.52 Å². The molecule has 1 amide bonds. The quantitative estimate of drug-likeness (QED) is 0.472. The third-order valence-corrected chi connectivity index (χ3v) is 5.78. The van der Waals surface area contributed by atoms with Gasteiger partial charge in [0.25, 0.3) is 0 Å². The number of thioether (sulfide) groups is 1. The minimum Gasteiger partial charge on any atom is -0.305 e. The fraction of sp³-hybridized carbons (Fsp3) is 0.111. The molecule has 0 fully saturated rings. The number of nitrogens with zero attached hydrogens (tertiary/aromatic N) is 6. The summed E-state index contributed by atoms with van der Waals surface area (Å²) in [5.74, 6) is 0.293. The van der Waals surface area contributed by atoms with Crippen LogP contribution in [-0.2, 0) is 11.8 Å². The first-order valence-corrected chi connectivity index (χ1v) is 10.2. The second-order valence-electron chi connectivity index (χ2n) is 5.86. The lowest BCUT2D eigenvalue weighted by Gasteiger charge is -2.03. The fourth-order valence-electron chi connectivity index (χ4n) is 2.46. The predicted molar refractivity (Wildman–Crippen MR) is 109 cm³/mol. The van der Waals surface area contributed by atoms with Crippen molar-refractivity contribution in [1.82, 2.24) is 29.9 Å². The molecule has 0 saturated heterocycles. The number of hydrogen-bond donors (Lipinski definition) is 1. The number of amides is 1. The number of rotatable bonds is 6. The third-order valence-electron chi connectivity index (χ3n) is 3.87. The van der Waals surface area contributed by atoms with E-state index in [1.165, 1.54) is 35.2 Å². The number of anilines is 1. The molecule has 1 N–H and O–H groups in total. The Balaban J connectivity index is 1.36. The van der Waals surface area contributed by atoms with Gasteiger partial charge < -0.3 is 4.57 Å². The highest BCUT2D eigenvalue weighted by Gasteiger charge is 2.14. The number of aromatic nitrogens is 6. The van der Waals surface area contributed by atoms with E-state index >= 15 is 0 Å². The van der Waals surface area contributed by atoms with Crippen molar-refractivity contribution >= 4 is 34.1 Å². The monoisotopic (exact) mass is 427 g/mol. The van der Waals surface area contributed by atoms with Crippen molar-refractivity contribution in [2.24, 2.45) is 7.05 Å². The van der Waals surface area contributed by atoms with Crippen molar-refractivity contribution in [3.63, 3.8) is 0 Å². The zero-order chi connectivity index (χ0) is 20.2. The van der Waals surface area contributed by atoms with E-state index in [4.69, 9.17) is 0 Å². The molecule has 0 atom stereocenters. The summed E-state index contributed by atoms with van der Waals surface area (Å²) < 4.78 is 14.8. The summed E-state index contributed by atoms with van der Waals surface area (Å²) in [5, 5.41) is 20.6. The van der Waals surface area contributed by atoms with Crippen LogP contribution in [0, 0.1) is 5.82 Å². The van der Waals surface area contributed by atoms with Gasteiger partial charge in [0.1, 0.15) is 10.8 Å². The Morgan fingerprint density at radius 2 is 1.83 bits per heavy atom. The van der Waals surface area contributed by atoms with Crippen LogP contribution in [0.1, 0.15) is 0 Å². The maximum Gasteiger partial charge on any atom is 0.236 e. The molecule has 146 valence electrons. The Morgan fingerprint density at radius 1 is 1.07 bits per heavy atom. The minimum atomic E-state index is -0.320. The average molecular weight is 427 g/mol. The molecule has 1 aromatic carbocycles. The van der Waals surface area contributed by atoms with Gasteiger partial charge in [0.05, 0.1) is 5.75 Å². The number of carbonyl (C=O) groups is 1. The number of hydrogen-bond acceptors (Lipinski definition) is 8. The molecule has 0 bridgehead atoms. The van der Waals surface area contributed by atoms with Gasteiger partial charge in [0, 0.05) is 30.6 Å². The zero-order valence-electron chi connectivity index (χ0n) is 15.1. The highest BCUT2D eigenvalue weighted by atomic mass is 32.2. The Kier molecular flexibility index (Phi) is 5.58. The van der Waals surface area contributed by atoms with Crippen LogP contribution < -0.4 is 5.32 Å². The van der Waals surface area contributed by atoms with E-state index in [1.807, 2.05) is 23.7 Å². The number of carbonyl (C=O) groups excluding carboxylic acids is 1. The van der Waals surface area contributed by atoms with Crippen LogP contribution in [0.2, 0.25) is 0 Å². The average Bonchev–Trinajstić information content (AvgIpc) is 3.34. The van der Waals surface area contributed by atoms with E-state index in [1.54, 1.807) is 24.5 Å². The molecule has 11 heteroatoms. The molecular formula is C18H14FN7OS2. The Morgan fingerprint density at radius 3 is 2.59 bits per heavy atom. The van der Waals surface area contributed by atoms with Gasteiger partial charge in [-0.1, -0.05) is 23.1 Å². The topological polar surface area (TPSA) is 98.5 Å². The molecule has 0 saturated carbocycles. The fourth-order valence-corrected chi connectivity index (χ4v) is 3.94. The molecular weight excluding hydrogens is 413 g/mol. The first-order valence-electron chi connectivity index (χ1n) is 8.42. The van der Waals surface area contributed by atoms with Gasteiger partial charge in [0.2, 0.25) is 11.0 Å². The molecule has 0 aliphatic heterocycles. The van der Waals surface area contributed by atoms with E-state index < -0.39 is 0 Å². The molecule has 0 spiro atoms. The van der Waals surface area contributed by atoms with Gasteiger partial charge in [-0.25, -0.2) is 4.39 Å². The molecule has 29 heavy (non-hydrogen) atoms. The molecule has 4 rings (SSSR count). The van der Waals surface area contributed by atoms with E-state index in [9.17, 15) is 9.18 Å². The summed E-state index contributed by atoms with van der Waals surface area (Å²) in [4.78, 5) is 16.2. The van der Waals surface area contributed by atoms with Crippen molar-refractivity contribution < 1.29 is 9.18 Å². The largest absolute Gasteiger partial charge is 0.305 e. The Bertz CT molecular complexity index is 1130. The molecule has 3 aromatic heterocycles. The van der Waals surface area contributed by atoms with Crippen molar-refractivity contribution in [3.05, 3.63) is 54.6 Å². The zero-order valence-corrected chi connectivity index (χ0v) is 16.7. The van der Waals surface area contributed by atoms with Gasteiger partial charge in [-0.2, -0.15) is 0 Å². The lowest BCUT2D eigenvalue weighted by Crippen LogP contribution is -2.14. The van der Waals surface area contributed by atoms with Crippen LogP contribution in [-0.4, -0.2) is 41.6 Å². The van der Waals surface area contributed by atoms with Gasteiger partial charge in [-0.05, 0) is 36.4 Å². The number of halogens is 1. The molecule has 8 nitrogen and oxygen atoms in total. The predicted octanol–water partition coefficient (Wildman–Crippen LogP) is 3.27. The number of benzene rings is 1. The van der Waals surface area contributed by atoms with E-state index in [0.29, 0.717) is 21.1 Å². The summed E-state index contributed by atoms with van der Waals surface area (Å²) in [7, 11) is 1.84. The molecule has 0 aliphatic carbocycles. The summed E-state index contributed by atoms with van der Waals surface area (Å²) in [6.45, 7) is 0. The van der Waals surface area contributed by atoms with Gasteiger partial charge >= 0.3 is 0 Å². The maximum atomic E-state index is 13.0. The van der Waals surface area contributed by atoms with Gasteiger partial charge in [0.15, 0.2) is 11.0 Å². The first kappa shape index (κ1) is 19.2. The first-order chi connectivity index (χ1) is 14.1. The molecule has 0 unspecified atom stereocenters. The van der Waals surface area contributed by atoms with Crippen molar-refractivity contribution in [2.75, 3.05) is 11.1 Å². The van der Waals surface area contributed by atoms with Crippen molar-refractivity contribution in [3.8, 4) is 22.0 Å². The van der Waals surface area contributed by atoms with E-state index in [0.717, 1.165) is 11.1 Å². The highest BCUT2D eigenvalue weighted by molar-refractivity contribution is 7.99. The minimum absolute atomic E-state index is 0.147. The summed E-state index contributed by atoms with van der Waals surface area (Å²) >= 11 is 2.49. The normalized spacial score (nSPS) is 10.8. The maximum absolute atomic E-state index is 13.0. The number of pyridine rings is 1. The smallest absolute Gasteiger partial charge is 0.236 e. The van der Waals surface area contributed by atoms with Crippen LogP contribution in [0.15, 0.2) is 53.9 Å². The van der Waals surface area contributed by atoms with E-state index in [2.05, 4.69) is 30.7 Å². The summed E-state index contributed by atoms with van der Waals surface area (Å²) in [6, 6.07) is 9.63. The highest BCUT2D eigenvalue weighted by Crippen LogP contribution is 2.27. The van der Waals surface area contributed by atoms with Gasteiger partial charge in [-0.15, -0.1) is 20.4 Å². The van der Waals surface area contributed by atoms with Crippen LogP contribution in [0.3, 0.4) is 0 Å². The lowest BCUT2D eigenvalue weighted by molar-refractivity contribution is -0.113. The van der Waals surface area contributed by atoms with Crippen LogP contribution in [0.5, 0.6) is 0 Å². The molecule has 3 heterocycles. The standard InChI is InChI=1S/C18H14FN7OS2/c1-26-15(11-6-8-20-9-7-11)22-25-18(26)28-10-14(27)21-17-24-23-16(29-17)12-2-4-13(19)5-3-12/h2-9H,10H2,1H3,(H,21,24,27). The SMILES string of the molecule is Cn1c(SCC(=O)Nc2nnc(-c3ccc(F)cc3)s2)nnc1-c1ccncc1. The van der Waals surface area contributed by atoms with Crippen LogP contribution in [0.25, 0.3) is 22.0 Å². The second-order valence-corrected chi connectivity index (χ2v) is 7.78. The lowest BCUT2D eigenvalue weighted by atomic mass is 10.2. The molecule has 0 aliphatic rings. The van der Waals surface area contributed by atoms with E-state index in [-0.39, 0.29) is 17.5 Å². The second kappa shape index (κ2) is 8.45. The van der Waals surface area contributed by atoms with Crippen molar-refractivity contribution in [1.29, 1.82) is 0 Å². The number of nitrogens with one attached hydrogen (secondary N) is 1. The van der Waals surface area contributed by atoms with Crippen molar-refractivity contribution in [2.45, 2.75) is 5.16 Å². The Labute approximate surface area is 173 Å². The summed E-state index contributed by atoms with van der Waals surface area (Å²) in [5.41, 5.74) is 1.63. The van der Waals surface area contributed by atoms with Crippen LogP contribution >= 0.6 is 23.1 Å². The molecule has 4 aromatic rings. The molecule has 0 radical (unpaired) electrons.